The Balaban J connectivity index is 0.429. The van der Waals surface area contributed by atoms with Crippen LogP contribution < -0.4 is 31.9 Å². The predicted molar refractivity (Wildman–Crippen MR) is 486 cm³/mol. The molecule has 1 saturated carbocycles. The molecule has 129 heavy (non-hydrogen) atoms. The fourth-order valence-electron chi connectivity index (χ4n) is 17.3. The Kier molecular flexibility index (Phi) is 37.4. The summed E-state index contributed by atoms with van der Waals surface area (Å²) >= 11 is 0. The first-order valence-corrected chi connectivity index (χ1v) is 45.8. The van der Waals surface area contributed by atoms with Gasteiger partial charge in [0.05, 0.1) is 88.7 Å². The quantitative estimate of drug-likeness (QED) is 0.00777. The van der Waals surface area contributed by atoms with Gasteiger partial charge >= 0.3 is 6.09 Å². The molecule has 0 radical (unpaired) electrons. The summed E-state index contributed by atoms with van der Waals surface area (Å²) in [5.74, 6) is 0.744. The van der Waals surface area contributed by atoms with Gasteiger partial charge in [0, 0.05) is 134 Å². The number of aromatic nitrogens is 9. The van der Waals surface area contributed by atoms with Crippen LogP contribution in [0.3, 0.4) is 0 Å². The highest BCUT2D eigenvalue weighted by atomic mass is 16.6. The smallest absolute Gasteiger partial charge is 0.407 e. The summed E-state index contributed by atoms with van der Waals surface area (Å²) in [6.45, 7) is 18.9. The molecule has 696 valence electrons. The minimum absolute atomic E-state index is 0.0115. The number of aliphatic hydroxyl groups is 1. The number of nitrogens with zero attached hydrogens (tertiary/aromatic N) is 13. The molecule has 12 rings (SSSR count). The number of carbonyl (C=O) groups excluding carboxylic acids is 7. The largest absolute Gasteiger partial charge is 0.465 e. The molecule has 7 aromatic rings. The maximum absolute atomic E-state index is 13.8. The number of oxazole rings is 1. The highest BCUT2D eigenvalue weighted by molar-refractivity contribution is 6.37. The van der Waals surface area contributed by atoms with Gasteiger partial charge in [-0.25, -0.2) is 39.4 Å². The van der Waals surface area contributed by atoms with Gasteiger partial charge in [0.15, 0.2) is 11.2 Å². The van der Waals surface area contributed by atoms with E-state index in [9.17, 15) is 38.7 Å². The molecule has 3 saturated heterocycles. The molecule has 1 aliphatic carbocycles. The number of piperazine rings is 1. The Labute approximate surface area is 754 Å². The second-order valence-corrected chi connectivity index (χ2v) is 34.6. The summed E-state index contributed by atoms with van der Waals surface area (Å²) in [5, 5.41) is 22.4. The molecular weight excluding hydrogens is 1650 g/mol. The summed E-state index contributed by atoms with van der Waals surface area (Å²) < 4.78 is 53.0. The molecule has 4 aliphatic heterocycles. The van der Waals surface area contributed by atoms with Crippen LogP contribution in [0.2, 0.25) is 0 Å². The maximum atomic E-state index is 13.8. The number of carbonyl (C=O) groups is 7. The summed E-state index contributed by atoms with van der Waals surface area (Å²) in [6.07, 6.45) is 30.9. The summed E-state index contributed by atoms with van der Waals surface area (Å²) in [5.41, 5.74) is 21.6. The van der Waals surface area contributed by atoms with Gasteiger partial charge in [-0.05, 0) is 180 Å². The number of fused-ring (bicyclic) bond motifs is 3. The number of ketones is 2. The first kappa shape index (κ1) is 97.1. The van der Waals surface area contributed by atoms with Gasteiger partial charge in [0.1, 0.15) is 47.5 Å². The number of allylic oxidation sites excluding steroid dienone is 6. The van der Waals surface area contributed by atoms with E-state index < -0.39 is 30.0 Å². The van der Waals surface area contributed by atoms with Gasteiger partial charge < -0.3 is 89.1 Å². The lowest BCUT2D eigenvalue weighted by Gasteiger charge is -2.34. The molecule has 7 N–H and O–H groups in total. The van der Waals surface area contributed by atoms with E-state index in [-0.39, 0.29) is 91.8 Å². The van der Waals surface area contributed by atoms with Crippen LogP contribution in [0.5, 0.6) is 0 Å². The van der Waals surface area contributed by atoms with Crippen molar-refractivity contribution in [1.29, 1.82) is 0 Å². The van der Waals surface area contributed by atoms with Crippen molar-refractivity contribution in [3.8, 4) is 11.3 Å². The third-order valence-electron chi connectivity index (χ3n) is 24.8. The van der Waals surface area contributed by atoms with Crippen molar-refractivity contribution in [2.24, 2.45) is 23.7 Å². The summed E-state index contributed by atoms with van der Waals surface area (Å²) in [6, 6.07) is 11.9. The van der Waals surface area contributed by atoms with Crippen LogP contribution in [-0.2, 0) is 87.9 Å². The molecule has 0 spiro atoms. The standard InChI is InChI=1S/C95H129N17O17/c1-63(14-9-7-10-15-65(3)83(121-6)52-77-16-13-17-82(127-77)87(117)91(119)108-33-11-8-12-34-108)48-66(4)79(114)53-80(115)67(5)49-64(2)18-25-75(126-62-113)26-20-68-21-27-76(28-22-68)128-95(120)98-32-41-123-43-45-125-47-46-124-44-42-122-40-31-84(116)99-54-70-55-100-93(101-56-70)109-36-38-110(39-37-109)94-102-57-74(58-103-94)90(118)111-35-30-71-50-69(19-23-73(71)60-111)59-112-89-85(88(96)104-61-105-89)86(107-112)72-24-29-81-78(51-72)106-92(97)129-81/h7,9-10,14-15,19,23-24,29,49-51,55-58,61-64,66,68,75-77,80,82-83,115H,8,11-13,16-18,20-22,25-28,30-48,52-54,59-60H2,1-6H3,(H2,97,106)(H,98,120)(H,99,116)(H2,96,104,105)/b10-7+,14-9+,65-15+,67-49+/t63-,64+,66-,68?,75+,76?,77?,80+,82?,83+/m1/s1. The normalized spacial score (nSPS) is 19.2. The fraction of sp³-hybridized carbons (Fsp3) is 0.568. The van der Waals surface area contributed by atoms with E-state index in [2.05, 4.69) is 87.4 Å². The number of benzene rings is 2. The predicted octanol–water partition coefficient (Wildman–Crippen LogP) is 11.0. The van der Waals surface area contributed by atoms with Crippen molar-refractivity contribution in [2.75, 3.05) is 134 Å². The number of piperidine rings is 1. The number of methoxy groups -OCH3 is 1. The minimum Gasteiger partial charge on any atom is -0.465 e. The molecular formula is C95H129N17O17. The molecule has 4 amide bonds. The fourth-order valence-corrected chi connectivity index (χ4v) is 17.3. The second-order valence-electron chi connectivity index (χ2n) is 34.6. The highest BCUT2D eigenvalue weighted by Crippen LogP contribution is 2.36. The number of nitrogen functional groups attached to an aromatic ring is 2. The van der Waals surface area contributed by atoms with E-state index in [1.165, 1.54) is 6.33 Å². The zero-order valence-electron chi connectivity index (χ0n) is 75.5. The van der Waals surface area contributed by atoms with Gasteiger partial charge in [-0.3, -0.25) is 28.8 Å². The lowest BCUT2D eigenvalue weighted by Crippen LogP contribution is -2.47. The van der Waals surface area contributed by atoms with Crippen LogP contribution in [0.15, 0.2) is 120 Å². The molecule has 9 heterocycles. The third-order valence-corrected chi connectivity index (χ3v) is 24.8. The number of ether oxygens (including phenoxy) is 8. The number of Topliss-reactive ketones (excluding diaryl/α,β-unsaturated/α-hetero) is 2. The van der Waals surface area contributed by atoms with Crippen LogP contribution >= 0.6 is 0 Å². The maximum Gasteiger partial charge on any atom is 0.407 e. The van der Waals surface area contributed by atoms with Crippen LogP contribution in [-0.4, -0.2) is 250 Å². The van der Waals surface area contributed by atoms with Gasteiger partial charge in [0.2, 0.25) is 23.6 Å². The number of nitrogens with one attached hydrogen (secondary N) is 2. The van der Waals surface area contributed by atoms with Gasteiger partial charge in [-0.15, -0.1) is 0 Å². The lowest BCUT2D eigenvalue weighted by atomic mass is 9.83. The Hall–Kier alpha value is -11.0. The average Bonchev–Trinajstić information content (AvgIpc) is 1.61. The van der Waals surface area contributed by atoms with E-state index in [1.807, 2.05) is 78.9 Å². The number of amides is 4. The monoisotopic (exact) mass is 1780 g/mol. The molecule has 8 atom stereocenters. The zero-order chi connectivity index (χ0) is 91.0. The number of rotatable bonds is 48. The van der Waals surface area contributed by atoms with Crippen molar-refractivity contribution in [3.63, 3.8) is 0 Å². The van der Waals surface area contributed by atoms with E-state index in [0.29, 0.717) is 207 Å². The Bertz CT molecular complexity index is 4940. The van der Waals surface area contributed by atoms with E-state index in [0.717, 1.165) is 116 Å². The third kappa shape index (κ3) is 29.2. The van der Waals surface area contributed by atoms with Crippen molar-refractivity contribution in [3.05, 3.63) is 143 Å². The van der Waals surface area contributed by atoms with Crippen molar-refractivity contribution < 1.29 is 81.0 Å². The van der Waals surface area contributed by atoms with Crippen LogP contribution in [0.1, 0.15) is 183 Å². The van der Waals surface area contributed by atoms with E-state index in [1.54, 1.807) is 42.9 Å². The zero-order valence-corrected chi connectivity index (χ0v) is 75.5. The second kappa shape index (κ2) is 49.7. The van der Waals surface area contributed by atoms with Crippen molar-refractivity contribution in [1.82, 2.24) is 65.1 Å². The molecule has 2 aromatic carbocycles. The number of hydrogen-bond donors (Lipinski definition) is 5. The molecule has 34 heteroatoms. The Morgan fingerprint density at radius 1 is 0.690 bits per heavy atom. The van der Waals surface area contributed by atoms with Crippen LogP contribution in [0, 0.1) is 23.7 Å². The highest BCUT2D eigenvalue weighted by Gasteiger charge is 2.37. The SMILES string of the molecule is CO[C@@H](CC1CCCC(C(=O)C(=O)N2CCCCC2)O1)/C(C)=C/C=C/C=C/[C@@H](C)C[C@@H](C)C(=O)C[C@H](O)/C(C)=C/[C@@H](C)CC[C@@H](CCC1CCC(OC(=O)NCCOCCOCCOCCOCCC(=O)NCc2cnc(N3CCN(c4ncc(C(=O)N5CCc6cc(Cn7nc(-c8ccc9oc(N)nc9c8)c8c(N)ncnc87)ccc6C5)cn4)CC3)nc2)CC1)OC=O. The molecule has 5 aliphatic rings. The van der Waals surface area contributed by atoms with E-state index in [4.69, 9.17) is 58.9 Å². The van der Waals surface area contributed by atoms with Gasteiger partial charge in [0.25, 0.3) is 24.3 Å². The minimum atomic E-state index is -0.887. The number of aliphatic hydroxyl groups excluding tert-OH is 1. The molecule has 5 aromatic heterocycles. The molecule has 0 bridgehead atoms. The molecule has 34 nitrogen and oxygen atoms in total. The van der Waals surface area contributed by atoms with Crippen LogP contribution in [0.25, 0.3) is 33.4 Å². The average molecular weight is 1780 g/mol. The van der Waals surface area contributed by atoms with E-state index >= 15 is 0 Å². The number of anilines is 4. The van der Waals surface area contributed by atoms with Gasteiger partial charge in [-0.2, -0.15) is 10.1 Å². The van der Waals surface area contributed by atoms with Crippen molar-refractivity contribution >= 4 is 87.7 Å². The van der Waals surface area contributed by atoms with Crippen molar-refractivity contribution in [2.45, 2.75) is 213 Å². The number of hydrogen-bond acceptors (Lipinski definition) is 29. The lowest BCUT2D eigenvalue weighted by molar-refractivity contribution is -0.157. The number of nitrogens with two attached hydrogens (primary N) is 2. The first-order valence-electron chi connectivity index (χ1n) is 45.8. The number of likely N-dealkylation sites (tertiary alicyclic amines) is 1. The summed E-state index contributed by atoms with van der Waals surface area (Å²) in [7, 11) is 1.67. The molecule has 4 fully saturated rings. The first-order chi connectivity index (χ1) is 62.6. The topological polar surface area (TPSA) is 424 Å². The van der Waals surface area contributed by atoms with Gasteiger partial charge in [-0.1, -0.05) is 75.4 Å². The van der Waals surface area contributed by atoms with Crippen LogP contribution in [0.4, 0.5) is 28.5 Å². The number of alkyl carbamates (subject to hydrolysis) is 1. The summed E-state index contributed by atoms with van der Waals surface area (Å²) in [4.78, 5) is 129. The molecule has 2 unspecified atom stereocenters. The Morgan fingerprint density at radius 3 is 2.11 bits per heavy atom. The Morgan fingerprint density at radius 2 is 1.40 bits per heavy atom.